The van der Waals surface area contributed by atoms with Crippen molar-refractivity contribution in [2.75, 3.05) is 11.9 Å². The number of pyridine rings is 1. The molecule has 1 aromatic carbocycles. The number of rotatable bonds is 5. The molecule has 0 amide bonds. The van der Waals surface area contributed by atoms with E-state index in [0.717, 1.165) is 17.1 Å². The molecule has 0 saturated heterocycles. The average molecular weight is 242 g/mol. The van der Waals surface area contributed by atoms with E-state index in [2.05, 4.69) is 29.4 Å². The van der Waals surface area contributed by atoms with E-state index in [1.165, 1.54) is 5.56 Å². The number of nitrogens with one attached hydrogen (secondary N) is 1. The number of ether oxygens (including phenoxy) is 1. The second-order valence-electron chi connectivity index (χ2n) is 4.11. The summed E-state index contributed by atoms with van der Waals surface area (Å²) in [4.78, 5) is 4.29. The minimum atomic E-state index is 0.668. The molecule has 3 nitrogen and oxygen atoms in total. The van der Waals surface area contributed by atoms with Gasteiger partial charge in [0.25, 0.3) is 0 Å². The maximum absolute atomic E-state index is 5.60. The van der Waals surface area contributed by atoms with Gasteiger partial charge in [0.15, 0.2) is 0 Å². The largest absolute Gasteiger partial charge is 0.492 e. The minimum Gasteiger partial charge on any atom is -0.492 e. The van der Waals surface area contributed by atoms with Crippen LogP contribution in [0, 0.1) is 6.92 Å². The Bertz CT molecular complexity index is 497. The van der Waals surface area contributed by atoms with E-state index in [9.17, 15) is 0 Å². The Kier molecular flexibility index (Phi) is 4.18. The first-order valence-electron chi connectivity index (χ1n) is 6.17. The number of hydrogen-bond donors (Lipinski definition) is 1. The highest BCUT2D eigenvalue weighted by molar-refractivity contribution is 5.58. The zero-order valence-electron chi connectivity index (χ0n) is 10.8. The van der Waals surface area contributed by atoms with Gasteiger partial charge in [-0.2, -0.15) is 0 Å². The van der Waals surface area contributed by atoms with Gasteiger partial charge in [-0.05, 0) is 43.7 Å². The molecule has 1 aromatic heterocycles. The molecular weight excluding hydrogens is 224 g/mol. The molecule has 0 aliphatic carbocycles. The van der Waals surface area contributed by atoms with Gasteiger partial charge in [-0.25, -0.2) is 0 Å². The van der Waals surface area contributed by atoms with Crippen LogP contribution in [-0.4, -0.2) is 11.6 Å². The number of benzene rings is 1. The van der Waals surface area contributed by atoms with E-state index < -0.39 is 0 Å². The third-order valence-corrected chi connectivity index (χ3v) is 2.62. The lowest BCUT2D eigenvalue weighted by molar-refractivity contribution is 0.341. The predicted octanol–water partition coefficient (Wildman–Crippen LogP) is 3.40. The van der Waals surface area contributed by atoms with Crippen LogP contribution in [0.2, 0.25) is 0 Å². The maximum Gasteiger partial charge on any atom is 0.142 e. The quantitative estimate of drug-likeness (QED) is 0.872. The first-order chi connectivity index (χ1) is 8.79. The highest BCUT2D eigenvalue weighted by Gasteiger charge is 2.03. The third-order valence-electron chi connectivity index (χ3n) is 2.62. The lowest BCUT2D eigenvalue weighted by atomic mass is 10.2. The van der Waals surface area contributed by atoms with Crippen LogP contribution in [0.5, 0.6) is 5.75 Å². The van der Waals surface area contributed by atoms with Crippen LogP contribution in [0.15, 0.2) is 42.6 Å². The number of anilines is 1. The van der Waals surface area contributed by atoms with Crippen molar-refractivity contribution in [1.29, 1.82) is 0 Å². The second kappa shape index (κ2) is 6.05. The van der Waals surface area contributed by atoms with Crippen molar-refractivity contribution in [2.24, 2.45) is 0 Å². The Morgan fingerprint density at radius 1 is 1.22 bits per heavy atom. The topological polar surface area (TPSA) is 34.1 Å². The molecule has 0 unspecified atom stereocenters. The fraction of sp³-hybridized carbons (Fsp3) is 0.267. The molecule has 1 heterocycles. The fourth-order valence-corrected chi connectivity index (χ4v) is 1.75. The van der Waals surface area contributed by atoms with Gasteiger partial charge in [-0.15, -0.1) is 0 Å². The lowest BCUT2D eigenvalue weighted by Gasteiger charge is -2.12. The molecule has 0 fully saturated rings. The van der Waals surface area contributed by atoms with Crippen molar-refractivity contribution in [3.8, 4) is 5.75 Å². The molecule has 18 heavy (non-hydrogen) atoms. The summed E-state index contributed by atoms with van der Waals surface area (Å²) < 4.78 is 5.60. The van der Waals surface area contributed by atoms with Gasteiger partial charge in [0, 0.05) is 6.20 Å². The SMILES string of the molecule is CCOc1ccc(C)cc1NCc1ccccn1. The van der Waals surface area contributed by atoms with Crippen LogP contribution in [0.3, 0.4) is 0 Å². The molecular formula is C15H18N2O. The number of nitrogens with zero attached hydrogens (tertiary/aromatic N) is 1. The van der Waals surface area contributed by atoms with Crippen LogP contribution < -0.4 is 10.1 Å². The van der Waals surface area contributed by atoms with E-state index in [-0.39, 0.29) is 0 Å². The molecule has 0 spiro atoms. The van der Waals surface area contributed by atoms with Crippen molar-refractivity contribution in [2.45, 2.75) is 20.4 Å². The molecule has 0 saturated carbocycles. The molecule has 94 valence electrons. The molecule has 3 heteroatoms. The Morgan fingerprint density at radius 3 is 2.83 bits per heavy atom. The van der Waals surface area contributed by atoms with Gasteiger partial charge in [0.2, 0.25) is 0 Å². The summed E-state index contributed by atoms with van der Waals surface area (Å²) in [6.07, 6.45) is 1.80. The van der Waals surface area contributed by atoms with Crippen LogP contribution in [-0.2, 0) is 6.54 Å². The van der Waals surface area contributed by atoms with Crippen LogP contribution in [0.1, 0.15) is 18.2 Å². The Labute approximate surface area is 108 Å². The molecule has 0 aliphatic rings. The molecule has 2 aromatic rings. The average Bonchev–Trinajstić information content (AvgIpc) is 2.40. The first kappa shape index (κ1) is 12.4. The maximum atomic E-state index is 5.60. The number of hydrogen-bond acceptors (Lipinski definition) is 3. The minimum absolute atomic E-state index is 0.668. The Balaban J connectivity index is 2.10. The van der Waals surface area contributed by atoms with Crippen molar-refractivity contribution in [3.63, 3.8) is 0 Å². The van der Waals surface area contributed by atoms with Crippen molar-refractivity contribution >= 4 is 5.69 Å². The van der Waals surface area contributed by atoms with Gasteiger partial charge in [0.1, 0.15) is 5.75 Å². The zero-order valence-corrected chi connectivity index (χ0v) is 10.8. The summed E-state index contributed by atoms with van der Waals surface area (Å²) >= 11 is 0. The van der Waals surface area contributed by atoms with E-state index in [1.807, 2.05) is 31.2 Å². The second-order valence-corrected chi connectivity index (χ2v) is 4.11. The lowest BCUT2D eigenvalue weighted by Crippen LogP contribution is -2.04. The summed E-state index contributed by atoms with van der Waals surface area (Å²) in [5.41, 5.74) is 3.24. The van der Waals surface area contributed by atoms with Gasteiger partial charge < -0.3 is 10.1 Å². The van der Waals surface area contributed by atoms with Crippen molar-refractivity contribution in [1.82, 2.24) is 4.98 Å². The fourth-order valence-electron chi connectivity index (χ4n) is 1.75. The molecule has 1 N–H and O–H groups in total. The smallest absolute Gasteiger partial charge is 0.142 e. The third kappa shape index (κ3) is 3.23. The summed E-state index contributed by atoms with van der Waals surface area (Å²) in [5, 5.41) is 3.37. The van der Waals surface area contributed by atoms with Crippen molar-refractivity contribution < 1.29 is 4.74 Å². The molecule has 2 rings (SSSR count). The number of aryl methyl sites for hydroxylation is 1. The Morgan fingerprint density at radius 2 is 2.11 bits per heavy atom. The normalized spacial score (nSPS) is 10.1. The predicted molar refractivity (Wildman–Crippen MR) is 73.9 cm³/mol. The van der Waals surface area contributed by atoms with E-state index in [0.29, 0.717) is 13.2 Å². The van der Waals surface area contributed by atoms with E-state index in [4.69, 9.17) is 4.74 Å². The standard InChI is InChI=1S/C15H18N2O/c1-3-18-15-8-7-12(2)10-14(15)17-11-13-6-4-5-9-16-13/h4-10,17H,3,11H2,1-2H3. The molecule has 0 aliphatic heterocycles. The first-order valence-corrected chi connectivity index (χ1v) is 6.17. The molecule has 0 bridgehead atoms. The summed E-state index contributed by atoms with van der Waals surface area (Å²) in [7, 11) is 0. The Hall–Kier alpha value is -2.03. The highest BCUT2D eigenvalue weighted by atomic mass is 16.5. The van der Waals surface area contributed by atoms with Gasteiger partial charge in [-0.1, -0.05) is 12.1 Å². The summed E-state index contributed by atoms with van der Waals surface area (Å²) in [5.74, 6) is 0.888. The highest BCUT2D eigenvalue weighted by Crippen LogP contribution is 2.26. The van der Waals surface area contributed by atoms with Crippen LogP contribution in [0.4, 0.5) is 5.69 Å². The molecule has 0 radical (unpaired) electrons. The van der Waals surface area contributed by atoms with Crippen molar-refractivity contribution in [3.05, 3.63) is 53.9 Å². The summed E-state index contributed by atoms with van der Waals surface area (Å²) in [6.45, 7) is 5.43. The van der Waals surface area contributed by atoms with Gasteiger partial charge in [-0.3, -0.25) is 4.98 Å². The van der Waals surface area contributed by atoms with Crippen LogP contribution in [0.25, 0.3) is 0 Å². The number of aromatic nitrogens is 1. The van der Waals surface area contributed by atoms with Gasteiger partial charge in [0.05, 0.1) is 24.5 Å². The zero-order chi connectivity index (χ0) is 12.8. The van der Waals surface area contributed by atoms with E-state index >= 15 is 0 Å². The monoisotopic (exact) mass is 242 g/mol. The van der Waals surface area contributed by atoms with Crippen LogP contribution >= 0.6 is 0 Å². The van der Waals surface area contributed by atoms with E-state index in [1.54, 1.807) is 6.20 Å². The van der Waals surface area contributed by atoms with Gasteiger partial charge >= 0.3 is 0 Å². The summed E-state index contributed by atoms with van der Waals surface area (Å²) in [6, 6.07) is 12.1. The molecule has 0 atom stereocenters.